The molecule has 0 N–H and O–H groups in total. The number of thioether (sulfide) groups is 1. The summed E-state index contributed by atoms with van der Waals surface area (Å²) in [4.78, 5) is 2.45. The summed E-state index contributed by atoms with van der Waals surface area (Å²) >= 11 is 7.39. The van der Waals surface area contributed by atoms with Crippen LogP contribution in [0.2, 0.25) is 0 Å². The summed E-state index contributed by atoms with van der Waals surface area (Å²) in [5, 5.41) is 0.791. The van der Waals surface area contributed by atoms with E-state index in [2.05, 4.69) is 4.90 Å². The SMILES string of the molecule is S=C1S[C@@H]2CCC[C@H]2N1C[C@@H]1CCCO1. The van der Waals surface area contributed by atoms with E-state index < -0.39 is 0 Å². The average molecular weight is 243 g/mol. The van der Waals surface area contributed by atoms with Crippen LogP contribution in [0.3, 0.4) is 0 Å². The van der Waals surface area contributed by atoms with Crippen molar-refractivity contribution < 1.29 is 4.74 Å². The molecule has 0 amide bonds. The summed E-state index contributed by atoms with van der Waals surface area (Å²) in [6.45, 7) is 2.00. The first-order chi connectivity index (χ1) is 7.34. The van der Waals surface area contributed by atoms with Crippen LogP contribution in [0.5, 0.6) is 0 Å². The van der Waals surface area contributed by atoms with Gasteiger partial charge in [0.05, 0.1) is 6.10 Å². The topological polar surface area (TPSA) is 12.5 Å². The molecule has 0 spiro atoms. The van der Waals surface area contributed by atoms with E-state index in [1.807, 2.05) is 11.8 Å². The van der Waals surface area contributed by atoms with E-state index in [1.165, 1.54) is 32.1 Å². The minimum atomic E-state index is 0.447. The molecule has 3 aliphatic rings. The lowest BCUT2D eigenvalue weighted by Crippen LogP contribution is -2.39. The minimum absolute atomic E-state index is 0.447. The zero-order valence-electron chi connectivity index (χ0n) is 8.85. The second kappa shape index (κ2) is 4.22. The Hall–Kier alpha value is 0.200. The molecule has 2 heterocycles. The second-order valence-corrected chi connectivity index (χ2v) is 6.58. The molecule has 2 saturated heterocycles. The van der Waals surface area contributed by atoms with Gasteiger partial charge in [-0.15, -0.1) is 0 Å². The molecule has 0 unspecified atom stereocenters. The third-order valence-electron chi connectivity index (χ3n) is 3.73. The number of hydrogen-bond donors (Lipinski definition) is 0. The third-order valence-corrected chi connectivity index (χ3v) is 5.54. The molecule has 84 valence electrons. The van der Waals surface area contributed by atoms with Gasteiger partial charge in [-0.2, -0.15) is 0 Å². The van der Waals surface area contributed by atoms with Crippen LogP contribution in [0.1, 0.15) is 32.1 Å². The van der Waals surface area contributed by atoms with Crippen LogP contribution in [0.15, 0.2) is 0 Å². The van der Waals surface area contributed by atoms with Gasteiger partial charge in [-0.25, -0.2) is 0 Å². The normalized spacial score (nSPS) is 40.1. The van der Waals surface area contributed by atoms with Crippen LogP contribution in [0.25, 0.3) is 0 Å². The Balaban J connectivity index is 1.65. The summed E-state index contributed by atoms with van der Waals surface area (Å²) in [5.74, 6) is 0. The average Bonchev–Trinajstić information content (AvgIpc) is 2.86. The Morgan fingerprint density at radius 3 is 3.07 bits per heavy atom. The maximum absolute atomic E-state index is 5.70. The maximum Gasteiger partial charge on any atom is 0.137 e. The van der Waals surface area contributed by atoms with E-state index >= 15 is 0 Å². The number of ether oxygens (including phenoxy) is 1. The number of hydrogen-bond acceptors (Lipinski definition) is 3. The van der Waals surface area contributed by atoms with E-state index in [0.29, 0.717) is 6.10 Å². The largest absolute Gasteiger partial charge is 0.376 e. The fourth-order valence-corrected chi connectivity index (χ4v) is 4.86. The fourth-order valence-electron chi connectivity index (χ4n) is 2.95. The van der Waals surface area contributed by atoms with Crippen LogP contribution >= 0.6 is 24.0 Å². The lowest BCUT2D eigenvalue weighted by molar-refractivity contribution is 0.0858. The molecule has 1 aliphatic carbocycles. The first-order valence-corrected chi connectivity index (χ1v) is 7.22. The van der Waals surface area contributed by atoms with Gasteiger partial charge in [-0.05, 0) is 25.7 Å². The van der Waals surface area contributed by atoms with Crippen LogP contribution in [0, 0.1) is 0 Å². The van der Waals surface area contributed by atoms with Gasteiger partial charge >= 0.3 is 0 Å². The number of nitrogens with zero attached hydrogens (tertiary/aromatic N) is 1. The van der Waals surface area contributed by atoms with Crippen LogP contribution in [0.4, 0.5) is 0 Å². The molecular weight excluding hydrogens is 226 g/mol. The van der Waals surface area contributed by atoms with Gasteiger partial charge in [0, 0.05) is 24.4 Å². The zero-order valence-corrected chi connectivity index (χ0v) is 10.5. The first-order valence-electron chi connectivity index (χ1n) is 5.93. The number of rotatable bonds is 2. The van der Waals surface area contributed by atoms with E-state index in [1.54, 1.807) is 0 Å². The van der Waals surface area contributed by atoms with Gasteiger partial charge < -0.3 is 9.64 Å². The fraction of sp³-hybridized carbons (Fsp3) is 0.909. The van der Waals surface area contributed by atoms with Gasteiger partial charge in [0.15, 0.2) is 0 Å². The summed E-state index contributed by atoms with van der Waals surface area (Å²) in [6.07, 6.45) is 6.98. The van der Waals surface area contributed by atoms with Gasteiger partial charge in [-0.3, -0.25) is 0 Å². The predicted octanol–water partition coefficient (Wildman–Crippen LogP) is 2.42. The van der Waals surface area contributed by atoms with Gasteiger partial charge in [-0.1, -0.05) is 30.4 Å². The molecule has 1 saturated carbocycles. The molecule has 0 aromatic heterocycles. The van der Waals surface area contributed by atoms with Crippen molar-refractivity contribution in [2.75, 3.05) is 13.2 Å². The summed E-state index contributed by atoms with van der Waals surface area (Å²) < 4.78 is 6.83. The number of fused-ring (bicyclic) bond motifs is 1. The molecule has 0 bridgehead atoms. The van der Waals surface area contributed by atoms with Crippen molar-refractivity contribution in [3.8, 4) is 0 Å². The van der Waals surface area contributed by atoms with Crippen molar-refractivity contribution in [2.24, 2.45) is 0 Å². The third kappa shape index (κ3) is 1.92. The van der Waals surface area contributed by atoms with Crippen molar-refractivity contribution in [3.05, 3.63) is 0 Å². The molecule has 3 atom stereocenters. The van der Waals surface area contributed by atoms with Crippen molar-refractivity contribution in [2.45, 2.75) is 49.5 Å². The lowest BCUT2D eigenvalue weighted by Gasteiger charge is -2.27. The summed E-state index contributed by atoms with van der Waals surface area (Å²) in [6, 6.07) is 0.728. The van der Waals surface area contributed by atoms with Gasteiger partial charge in [0.2, 0.25) is 0 Å². The molecule has 0 radical (unpaired) electrons. The predicted molar refractivity (Wildman–Crippen MR) is 67.3 cm³/mol. The molecule has 4 heteroatoms. The lowest BCUT2D eigenvalue weighted by atomic mass is 10.2. The van der Waals surface area contributed by atoms with E-state index in [-0.39, 0.29) is 0 Å². The molecule has 2 nitrogen and oxygen atoms in total. The van der Waals surface area contributed by atoms with Crippen molar-refractivity contribution in [1.82, 2.24) is 4.90 Å². The van der Waals surface area contributed by atoms with E-state index in [0.717, 1.165) is 28.8 Å². The molecule has 15 heavy (non-hydrogen) atoms. The van der Waals surface area contributed by atoms with Crippen LogP contribution in [-0.4, -0.2) is 39.8 Å². The minimum Gasteiger partial charge on any atom is -0.376 e. The highest BCUT2D eigenvalue weighted by molar-refractivity contribution is 8.23. The van der Waals surface area contributed by atoms with E-state index in [9.17, 15) is 0 Å². The van der Waals surface area contributed by atoms with Crippen LogP contribution in [-0.2, 0) is 4.74 Å². The van der Waals surface area contributed by atoms with E-state index in [4.69, 9.17) is 17.0 Å². The van der Waals surface area contributed by atoms with Gasteiger partial charge in [0.25, 0.3) is 0 Å². The molecular formula is C11H17NOS2. The second-order valence-electron chi connectivity index (χ2n) is 4.71. The zero-order chi connectivity index (χ0) is 10.3. The van der Waals surface area contributed by atoms with Crippen LogP contribution < -0.4 is 0 Å². The highest BCUT2D eigenvalue weighted by atomic mass is 32.2. The Morgan fingerprint density at radius 1 is 1.33 bits per heavy atom. The smallest absolute Gasteiger partial charge is 0.137 e. The number of thiocarbonyl (C=S) groups is 1. The highest BCUT2D eigenvalue weighted by Crippen LogP contribution is 2.42. The summed E-state index contributed by atoms with van der Waals surface area (Å²) in [7, 11) is 0. The summed E-state index contributed by atoms with van der Waals surface area (Å²) in [5.41, 5.74) is 0. The Bertz CT molecular complexity index is 265. The first kappa shape index (κ1) is 10.4. The molecule has 3 rings (SSSR count). The molecule has 2 aliphatic heterocycles. The standard InChI is InChI=1S/C11H17NOS2/c14-11-12(7-8-3-2-6-13-8)9-4-1-5-10(9)15-11/h8-10H,1-7H2/t8-,9+,10+/m0/s1. The van der Waals surface area contributed by atoms with Crippen molar-refractivity contribution in [3.63, 3.8) is 0 Å². The Labute approximate surface area is 101 Å². The Kier molecular flexibility index (Phi) is 2.92. The molecule has 0 aromatic carbocycles. The van der Waals surface area contributed by atoms with Crippen molar-refractivity contribution >= 4 is 28.3 Å². The highest BCUT2D eigenvalue weighted by Gasteiger charge is 2.42. The van der Waals surface area contributed by atoms with Crippen molar-refractivity contribution in [1.29, 1.82) is 0 Å². The Morgan fingerprint density at radius 2 is 2.27 bits per heavy atom. The maximum atomic E-state index is 5.70. The molecule has 0 aromatic rings. The van der Waals surface area contributed by atoms with Gasteiger partial charge in [0.1, 0.15) is 4.32 Å². The quantitative estimate of drug-likeness (QED) is 0.690. The molecule has 3 fully saturated rings. The monoisotopic (exact) mass is 243 g/mol.